The number of H-pyrrole nitrogens is 1. The number of hydrogen-bond acceptors (Lipinski definition) is 3. The summed E-state index contributed by atoms with van der Waals surface area (Å²) < 4.78 is 0. The summed E-state index contributed by atoms with van der Waals surface area (Å²) in [5.74, 6) is 1.87. The van der Waals surface area contributed by atoms with E-state index >= 15 is 0 Å². The molecule has 0 saturated heterocycles. The van der Waals surface area contributed by atoms with Crippen molar-refractivity contribution in [2.75, 3.05) is 6.54 Å². The topological polar surface area (TPSA) is 74.8 Å². The maximum atomic E-state index is 12.2. The zero-order chi connectivity index (χ0) is 15.8. The van der Waals surface area contributed by atoms with Crippen LogP contribution in [0.25, 0.3) is 10.8 Å². The lowest BCUT2D eigenvalue weighted by molar-refractivity contribution is -0.120. The smallest absolute Gasteiger partial charge is 0.272 e. The fourth-order valence-corrected chi connectivity index (χ4v) is 3.90. The van der Waals surface area contributed by atoms with Crippen LogP contribution in [-0.4, -0.2) is 22.6 Å². The first-order valence-corrected chi connectivity index (χ1v) is 8.12. The molecule has 2 aliphatic rings. The molecular formula is C18H19N3O2. The number of rotatable bonds is 4. The third kappa shape index (κ3) is 2.67. The summed E-state index contributed by atoms with van der Waals surface area (Å²) in [6.45, 7) is 0.728. The van der Waals surface area contributed by atoms with Crippen LogP contribution in [0.4, 0.5) is 0 Å². The molecule has 4 rings (SSSR count). The van der Waals surface area contributed by atoms with Crippen molar-refractivity contribution in [1.29, 1.82) is 0 Å². The Bertz CT molecular complexity index is 840. The Morgan fingerprint density at radius 3 is 2.78 bits per heavy atom. The molecule has 2 N–H and O–H groups in total. The molecule has 1 aromatic carbocycles. The normalized spacial score (nSPS) is 25.1. The maximum Gasteiger partial charge on any atom is 0.272 e. The molecule has 1 aromatic heterocycles. The number of nitrogens with zero attached hydrogens (tertiary/aromatic N) is 1. The first-order valence-electron chi connectivity index (χ1n) is 8.12. The van der Waals surface area contributed by atoms with Crippen LogP contribution in [0.1, 0.15) is 18.5 Å². The monoisotopic (exact) mass is 309 g/mol. The number of aromatic nitrogens is 2. The molecule has 0 aliphatic heterocycles. The minimum atomic E-state index is -0.224. The van der Waals surface area contributed by atoms with Crippen LogP contribution in [-0.2, 0) is 11.2 Å². The van der Waals surface area contributed by atoms with E-state index in [0.717, 1.165) is 11.9 Å². The lowest BCUT2D eigenvalue weighted by Crippen LogP contribution is -2.32. The van der Waals surface area contributed by atoms with E-state index in [-0.39, 0.29) is 17.9 Å². The van der Waals surface area contributed by atoms with Crippen molar-refractivity contribution in [3.8, 4) is 0 Å². The summed E-state index contributed by atoms with van der Waals surface area (Å²) in [5.41, 5.74) is 0.393. The highest BCUT2D eigenvalue weighted by Gasteiger charge is 2.35. The summed E-state index contributed by atoms with van der Waals surface area (Å²) in [5, 5.41) is 10.9. The van der Waals surface area contributed by atoms with Gasteiger partial charge in [0.1, 0.15) is 0 Å². The van der Waals surface area contributed by atoms with Gasteiger partial charge in [-0.15, -0.1) is 0 Å². The zero-order valence-corrected chi connectivity index (χ0v) is 12.8. The SMILES string of the molecule is O=C(Cc1n[nH]c(=O)c2ccccc12)NC[C@H]1C[C@H]2C=C[C@@H]1C2. The van der Waals surface area contributed by atoms with Gasteiger partial charge in [-0.25, -0.2) is 5.10 Å². The third-order valence-electron chi connectivity index (χ3n) is 5.08. The summed E-state index contributed by atoms with van der Waals surface area (Å²) in [7, 11) is 0. The molecule has 5 heteroatoms. The molecule has 0 unspecified atom stereocenters. The quantitative estimate of drug-likeness (QED) is 0.846. The summed E-state index contributed by atoms with van der Waals surface area (Å²) in [6.07, 6.45) is 7.21. The molecule has 23 heavy (non-hydrogen) atoms. The Hall–Kier alpha value is -2.43. The fraction of sp³-hybridized carbons (Fsp3) is 0.389. The van der Waals surface area contributed by atoms with Crippen LogP contribution < -0.4 is 10.9 Å². The molecule has 2 aliphatic carbocycles. The largest absolute Gasteiger partial charge is 0.355 e. The average Bonchev–Trinajstić information content (AvgIpc) is 3.19. The van der Waals surface area contributed by atoms with Gasteiger partial charge in [-0.2, -0.15) is 5.10 Å². The number of benzene rings is 1. The van der Waals surface area contributed by atoms with E-state index in [1.165, 1.54) is 12.8 Å². The highest BCUT2D eigenvalue weighted by atomic mass is 16.1. The second-order valence-electron chi connectivity index (χ2n) is 6.57. The third-order valence-corrected chi connectivity index (χ3v) is 5.08. The predicted octanol–water partition coefficient (Wildman–Crippen LogP) is 1.79. The van der Waals surface area contributed by atoms with Crippen molar-refractivity contribution in [3.63, 3.8) is 0 Å². The fourth-order valence-electron chi connectivity index (χ4n) is 3.90. The molecule has 1 fully saturated rings. The van der Waals surface area contributed by atoms with Crippen molar-refractivity contribution in [2.24, 2.45) is 17.8 Å². The van der Waals surface area contributed by atoms with Crippen molar-refractivity contribution < 1.29 is 4.79 Å². The highest BCUT2D eigenvalue weighted by Crippen LogP contribution is 2.42. The van der Waals surface area contributed by atoms with E-state index in [0.29, 0.717) is 28.8 Å². The Labute approximate surface area is 133 Å². The first kappa shape index (κ1) is 14.2. The molecule has 0 radical (unpaired) electrons. The molecule has 2 aromatic rings. The van der Waals surface area contributed by atoms with Crippen LogP contribution >= 0.6 is 0 Å². The molecule has 3 atom stereocenters. The Kier molecular flexibility index (Phi) is 3.48. The number of aromatic amines is 1. The van der Waals surface area contributed by atoms with Gasteiger partial charge in [0, 0.05) is 11.9 Å². The van der Waals surface area contributed by atoms with E-state index in [4.69, 9.17) is 0 Å². The first-order chi connectivity index (χ1) is 11.2. The van der Waals surface area contributed by atoms with Crippen molar-refractivity contribution in [3.05, 3.63) is 52.5 Å². The van der Waals surface area contributed by atoms with Gasteiger partial charge >= 0.3 is 0 Å². The second kappa shape index (κ2) is 5.65. The van der Waals surface area contributed by atoms with Gasteiger partial charge < -0.3 is 5.32 Å². The molecule has 1 saturated carbocycles. The van der Waals surface area contributed by atoms with E-state index in [9.17, 15) is 9.59 Å². The van der Waals surface area contributed by atoms with E-state index in [1.807, 2.05) is 18.2 Å². The number of carbonyl (C=O) groups excluding carboxylic acids is 1. The zero-order valence-electron chi connectivity index (χ0n) is 12.8. The van der Waals surface area contributed by atoms with Gasteiger partial charge in [-0.1, -0.05) is 30.4 Å². The Balaban J connectivity index is 1.44. The van der Waals surface area contributed by atoms with Crippen molar-refractivity contribution >= 4 is 16.7 Å². The van der Waals surface area contributed by atoms with Crippen LogP contribution in [0, 0.1) is 17.8 Å². The predicted molar refractivity (Wildman–Crippen MR) is 87.9 cm³/mol. The molecule has 118 valence electrons. The van der Waals surface area contributed by atoms with Gasteiger partial charge in [-0.05, 0) is 36.7 Å². The molecule has 2 bridgehead atoms. The average molecular weight is 309 g/mol. The lowest BCUT2D eigenvalue weighted by Gasteiger charge is -2.18. The van der Waals surface area contributed by atoms with Crippen molar-refractivity contribution in [2.45, 2.75) is 19.3 Å². The minimum Gasteiger partial charge on any atom is -0.355 e. The van der Waals surface area contributed by atoms with Crippen LogP contribution in [0.3, 0.4) is 0 Å². The van der Waals surface area contributed by atoms with Gasteiger partial charge in [0.05, 0.1) is 17.5 Å². The minimum absolute atomic E-state index is 0.0403. The van der Waals surface area contributed by atoms with E-state index < -0.39 is 0 Å². The lowest BCUT2D eigenvalue weighted by atomic mass is 9.93. The number of nitrogens with one attached hydrogen (secondary N) is 2. The van der Waals surface area contributed by atoms with Gasteiger partial charge in [0.15, 0.2) is 0 Å². The Morgan fingerprint density at radius 1 is 1.22 bits per heavy atom. The van der Waals surface area contributed by atoms with Crippen molar-refractivity contribution in [1.82, 2.24) is 15.5 Å². The number of hydrogen-bond donors (Lipinski definition) is 2. The second-order valence-corrected chi connectivity index (χ2v) is 6.57. The maximum absolute atomic E-state index is 12.2. The molecule has 1 amide bonds. The molecule has 5 nitrogen and oxygen atoms in total. The molecule has 1 heterocycles. The summed E-state index contributed by atoms with van der Waals surface area (Å²) in [4.78, 5) is 24.0. The van der Waals surface area contributed by atoms with Gasteiger partial charge in [0.25, 0.3) is 5.56 Å². The summed E-state index contributed by atoms with van der Waals surface area (Å²) in [6, 6.07) is 7.25. The standard InChI is InChI=1S/C18H19N3O2/c22-17(19-10-13-8-11-5-6-12(13)7-11)9-16-14-3-1-2-4-15(14)18(23)21-20-16/h1-6,11-13H,7-10H2,(H,19,22)(H,21,23)/t11-,12+,13+/m0/s1. The highest BCUT2D eigenvalue weighted by molar-refractivity contribution is 5.88. The molecular weight excluding hydrogens is 290 g/mol. The Morgan fingerprint density at radius 2 is 2.04 bits per heavy atom. The summed E-state index contributed by atoms with van der Waals surface area (Å²) >= 11 is 0. The van der Waals surface area contributed by atoms with E-state index in [1.54, 1.807) is 6.07 Å². The molecule has 0 spiro atoms. The van der Waals surface area contributed by atoms with Crippen LogP contribution in [0.15, 0.2) is 41.2 Å². The number of fused-ring (bicyclic) bond motifs is 3. The van der Waals surface area contributed by atoms with E-state index in [2.05, 4.69) is 27.7 Å². The van der Waals surface area contributed by atoms with Gasteiger partial charge in [0.2, 0.25) is 5.91 Å². The number of carbonyl (C=O) groups is 1. The van der Waals surface area contributed by atoms with Crippen LogP contribution in [0.5, 0.6) is 0 Å². The number of amides is 1. The van der Waals surface area contributed by atoms with Crippen LogP contribution in [0.2, 0.25) is 0 Å². The number of allylic oxidation sites excluding steroid dienone is 2. The van der Waals surface area contributed by atoms with Gasteiger partial charge in [-0.3, -0.25) is 9.59 Å².